The number of nitrogens with zero attached hydrogens (tertiary/aromatic N) is 3. The van der Waals surface area contributed by atoms with E-state index in [2.05, 4.69) is 29.4 Å². The number of amides is 1. The number of thioether (sulfide) groups is 1. The topological polar surface area (TPSA) is 78.3 Å². The molecule has 4 rings (SSSR count). The molecule has 0 aliphatic carbocycles. The third-order valence-electron chi connectivity index (χ3n) is 5.60. The van der Waals surface area contributed by atoms with E-state index in [-0.39, 0.29) is 17.8 Å². The highest BCUT2D eigenvalue weighted by Gasteiger charge is 2.22. The molecule has 1 atom stereocenters. The Morgan fingerprint density at radius 3 is 2.28 bits per heavy atom. The number of hydrogen-bond acceptors (Lipinski definition) is 6. The Bertz CT molecular complexity index is 1290. The van der Waals surface area contributed by atoms with E-state index in [9.17, 15) is 4.79 Å². The zero-order valence-electron chi connectivity index (χ0n) is 20.8. The van der Waals surface area contributed by atoms with Crippen LogP contribution in [-0.2, 0) is 4.79 Å². The Morgan fingerprint density at radius 2 is 1.58 bits per heavy atom. The van der Waals surface area contributed by atoms with E-state index in [1.165, 1.54) is 11.8 Å². The number of para-hydroxylation sites is 2. The second-order valence-corrected chi connectivity index (χ2v) is 9.47. The molecule has 1 heterocycles. The molecule has 36 heavy (non-hydrogen) atoms. The van der Waals surface area contributed by atoms with Gasteiger partial charge >= 0.3 is 0 Å². The number of carbonyl (C=O) groups is 1. The molecule has 1 aromatic heterocycles. The number of hydrogen-bond donors (Lipinski definition) is 1. The summed E-state index contributed by atoms with van der Waals surface area (Å²) in [7, 11) is 1.63. The zero-order chi connectivity index (χ0) is 25.5. The standard InChI is InChI=1S/C28H30N4O3S/c1-19(2)24-12-8-9-13-25(24)29-26(33)18-36-28-31-30-27(32(28)21-10-6-5-7-11-21)20(3)35-23-16-14-22(34-4)15-17-23/h5-17,19-20H,18H2,1-4H3,(H,29,33). The highest BCUT2D eigenvalue weighted by Crippen LogP contribution is 2.29. The smallest absolute Gasteiger partial charge is 0.234 e. The predicted molar refractivity (Wildman–Crippen MR) is 143 cm³/mol. The van der Waals surface area contributed by atoms with Crippen molar-refractivity contribution in [2.24, 2.45) is 0 Å². The number of methoxy groups -OCH3 is 1. The van der Waals surface area contributed by atoms with E-state index < -0.39 is 0 Å². The minimum atomic E-state index is -0.382. The maximum atomic E-state index is 12.8. The summed E-state index contributed by atoms with van der Waals surface area (Å²) in [5.74, 6) is 2.51. The molecule has 0 aliphatic heterocycles. The minimum Gasteiger partial charge on any atom is -0.497 e. The highest BCUT2D eigenvalue weighted by atomic mass is 32.2. The number of aromatic nitrogens is 3. The summed E-state index contributed by atoms with van der Waals surface area (Å²) in [6, 6.07) is 25.1. The van der Waals surface area contributed by atoms with Gasteiger partial charge in [-0.1, -0.05) is 62.0 Å². The van der Waals surface area contributed by atoms with Gasteiger partial charge < -0.3 is 14.8 Å². The van der Waals surface area contributed by atoms with E-state index in [1.54, 1.807) is 7.11 Å². The summed E-state index contributed by atoms with van der Waals surface area (Å²) in [5, 5.41) is 12.5. The number of nitrogens with one attached hydrogen (secondary N) is 1. The molecule has 0 fully saturated rings. The summed E-state index contributed by atoms with van der Waals surface area (Å²) < 4.78 is 13.3. The lowest BCUT2D eigenvalue weighted by molar-refractivity contribution is -0.113. The van der Waals surface area contributed by atoms with Gasteiger partial charge in [0.25, 0.3) is 0 Å². The molecule has 1 N–H and O–H groups in total. The van der Waals surface area contributed by atoms with Crippen LogP contribution in [0.5, 0.6) is 11.5 Å². The molecule has 0 saturated heterocycles. The molecule has 1 amide bonds. The Labute approximate surface area is 215 Å². The zero-order valence-corrected chi connectivity index (χ0v) is 21.7. The predicted octanol–water partition coefficient (Wildman–Crippen LogP) is 6.27. The van der Waals surface area contributed by atoms with Gasteiger partial charge in [-0.3, -0.25) is 9.36 Å². The third kappa shape index (κ3) is 6.07. The van der Waals surface area contributed by atoms with Gasteiger partial charge in [0.1, 0.15) is 11.5 Å². The van der Waals surface area contributed by atoms with Crippen molar-refractivity contribution < 1.29 is 14.3 Å². The first-order chi connectivity index (χ1) is 17.5. The van der Waals surface area contributed by atoms with Crippen molar-refractivity contribution in [3.63, 3.8) is 0 Å². The van der Waals surface area contributed by atoms with Gasteiger partial charge in [-0.25, -0.2) is 0 Å². The monoisotopic (exact) mass is 502 g/mol. The van der Waals surface area contributed by atoms with Crippen molar-refractivity contribution >= 4 is 23.4 Å². The first-order valence-electron chi connectivity index (χ1n) is 11.8. The normalized spacial score (nSPS) is 11.8. The number of rotatable bonds is 10. The number of anilines is 1. The lowest BCUT2D eigenvalue weighted by atomic mass is 10.0. The average Bonchev–Trinajstić information content (AvgIpc) is 3.33. The molecule has 3 aromatic carbocycles. The van der Waals surface area contributed by atoms with Crippen LogP contribution < -0.4 is 14.8 Å². The molecule has 8 heteroatoms. The largest absolute Gasteiger partial charge is 0.497 e. The number of ether oxygens (including phenoxy) is 2. The Balaban J connectivity index is 1.53. The first kappa shape index (κ1) is 25.3. The molecule has 0 saturated carbocycles. The minimum absolute atomic E-state index is 0.0974. The summed E-state index contributed by atoms with van der Waals surface area (Å²) in [6.07, 6.45) is -0.382. The van der Waals surface area contributed by atoms with E-state index in [4.69, 9.17) is 9.47 Å². The van der Waals surface area contributed by atoms with Crippen LogP contribution in [0.2, 0.25) is 0 Å². The summed E-state index contributed by atoms with van der Waals surface area (Å²) in [4.78, 5) is 12.8. The molecule has 0 radical (unpaired) electrons. The number of carbonyl (C=O) groups excluding carboxylic acids is 1. The van der Waals surface area contributed by atoms with E-state index >= 15 is 0 Å². The van der Waals surface area contributed by atoms with Gasteiger partial charge in [-0.2, -0.15) is 0 Å². The molecule has 1 unspecified atom stereocenters. The first-order valence-corrected chi connectivity index (χ1v) is 12.8. The van der Waals surface area contributed by atoms with Gasteiger partial charge in [0.15, 0.2) is 17.1 Å². The number of benzene rings is 3. The van der Waals surface area contributed by atoms with Crippen LogP contribution in [0, 0.1) is 0 Å². The maximum Gasteiger partial charge on any atom is 0.234 e. The van der Waals surface area contributed by atoms with Gasteiger partial charge in [0.05, 0.1) is 12.9 Å². The van der Waals surface area contributed by atoms with Crippen molar-refractivity contribution in [2.45, 2.75) is 37.9 Å². The van der Waals surface area contributed by atoms with Crippen LogP contribution in [0.15, 0.2) is 84.0 Å². The fourth-order valence-electron chi connectivity index (χ4n) is 3.80. The van der Waals surface area contributed by atoms with Crippen LogP contribution in [0.3, 0.4) is 0 Å². The molecular weight excluding hydrogens is 472 g/mol. The summed E-state index contributed by atoms with van der Waals surface area (Å²) >= 11 is 1.34. The van der Waals surface area contributed by atoms with Gasteiger partial charge in [0, 0.05) is 11.4 Å². The van der Waals surface area contributed by atoms with Crippen molar-refractivity contribution in [1.82, 2.24) is 14.8 Å². The second-order valence-electron chi connectivity index (χ2n) is 8.53. The van der Waals surface area contributed by atoms with Crippen LogP contribution in [0.4, 0.5) is 5.69 Å². The Morgan fingerprint density at radius 1 is 0.917 bits per heavy atom. The van der Waals surface area contributed by atoms with Crippen molar-refractivity contribution in [3.8, 4) is 17.2 Å². The van der Waals surface area contributed by atoms with E-state index in [0.29, 0.717) is 22.6 Å². The molecule has 0 bridgehead atoms. The second kappa shape index (κ2) is 11.8. The molecule has 186 valence electrons. The fraction of sp³-hybridized carbons (Fsp3) is 0.250. The van der Waals surface area contributed by atoms with Crippen LogP contribution >= 0.6 is 11.8 Å². The Kier molecular flexibility index (Phi) is 8.28. The van der Waals surface area contributed by atoms with Crippen molar-refractivity contribution in [1.29, 1.82) is 0 Å². The van der Waals surface area contributed by atoms with Gasteiger partial charge in [-0.05, 0) is 60.9 Å². The summed E-state index contributed by atoms with van der Waals surface area (Å²) in [5.41, 5.74) is 2.84. The average molecular weight is 503 g/mol. The Hall–Kier alpha value is -3.78. The van der Waals surface area contributed by atoms with Gasteiger partial charge in [-0.15, -0.1) is 10.2 Å². The van der Waals surface area contributed by atoms with Crippen LogP contribution in [-0.4, -0.2) is 33.5 Å². The quantitative estimate of drug-likeness (QED) is 0.258. The fourth-order valence-corrected chi connectivity index (χ4v) is 4.56. The molecular formula is C28H30N4O3S. The molecule has 0 spiro atoms. The van der Waals surface area contributed by atoms with E-state index in [0.717, 1.165) is 22.7 Å². The lowest BCUT2D eigenvalue weighted by Crippen LogP contribution is -2.16. The van der Waals surface area contributed by atoms with E-state index in [1.807, 2.05) is 90.4 Å². The van der Waals surface area contributed by atoms with Crippen molar-refractivity contribution in [2.75, 3.05) is 18.2 Å². The third-order valence-corrected chi connectivity index (χ3v) is 6.53. The van der Waals surface area contributed by atoms with Crippen molar-refractivity contribution in [3.05, 3.63) is 90.3 Å². The van der Waals surface area contributed by atoms with Crippen LogP contribution in [0.1, 0.15) is 44.2 Å². The SMILES string of the molecule is COc1ccc(OC(C)c2nnc(SCC(=O)Nc3ccccc3C(C)C)n2-c2ccccc2)cc1. The maximum absolute atomic E-state index is 12.8. The highest BCUT2D eigenvalue weighted by molar-refractivity contribution is 7.99. The molecule has 0 aliphatic rings. The van der Waals surface area contributed by atoms with Gasteiger partial charge in [0.2, 0.25) is 5.91 Å². The lowest BCUT2D eigenvalue weighted by Gasteiger charge is -2.17. The summed E-state index contributed by atoms with van der Waals surface area (Å²) in [6.45, 7) is 6.15. The van der Waals surface area contributed by atoms with Crippen LogP contribution in [0.25, 0.3) is 5.69 Å². The molecule has 7 nitrogen and oxygen atoms in total. The molecule has 4 aromatic rings.